The fraction of sp³-hybridized carbons (Fsp3) is 0.684. The Morgan fingerprint density at radius 2 is 1.95 bits per heavy atom. The fourth-order valence-corrected chi connectivity index (χ4v) is 4.77. The standard InChI is InChI=1S/C19H30N2/c1-14-9-11-21(16(3)12-14)19(13-20)10-8-15(2)17-6-4-5-7-18(17)19/h4-7,14-16H,8-13,20H2,1-3H3. The first-order valence-electron chi connectivity index (χ1n) is 8.64. The molecule has 1 saturated heterocycles. The molecule has 4 unspecified atom stereocenters. The van der Waals surface area contributed by atoms with Crippen LogP contribution < -0.4 is 5.73 Å². The Kier molecular flexibility index (Phi) is 4.11. The highest BCUT2D eigenvalue weighted by atomic mass is 15.2. The lowest BCUT2D eigenvalue weighted by molar-refractivity contribution is -0.00131. The summed E-state index contributed by atoms with van der Waals surface area (Å²) >= 11 is 0. The van der Waals surface area contributed by atoms with Gasteiger partial charge in [-0.25, -0.2) is 0 Å². The van der Waals surface area contributed by atoms with Crippen molar-refractivity contribution in [3.63, 3.8) is 0 Å². The number of nitrogens with two attached hydrogens (primary N) is 1. The Balaban J connectivity index is 2.03. The lowest BCUT2D eigenvalue weighted by Gasteiger charge is -2.53. The van der Waals surface area contributed by atoms with E-state index in [1.807, 2.05) is 0 Å². The van der Waals surface area contributed by atoms with Crippen molar-refractivity contribution in [2.24, 2.45) is 11.7 Å². The lowest BCUT2D eigenvalue weighted by atomic mass is 9.70. The maximum absolute atomic E-state index is 6.38. The van der Waals surface area contributed by atoms with E-state index in [4.69, 9.17) is 5.73 Å². The van der Waals surface area contributed by atoms with Crippen LogP contribution in [0.5, 0.6) is 0 Å². The minimum absolute atomic E-state index is 0.0721. The van der Waals surface area contributed by atoms with E-state index in [-0.39, 0.29) is 5.54 Å². The molecule has 3 rings (SSSR count). The van der Waals surface area contributed by atoms with E-state index in [1.54, 1.807) is 0 Å². The summed E-state index contributed by atoms with van der Waals surface area (Å²) in [6.07, 6.45) is 5.08. The lowest BCUT2D eigenvalue weighted by Crippen LogP contribution is -2.58. The molecule has 1 aromatic rings. The fourth-order valence-electron chi connectivity index (χ4n) is 4.77. The van der Waals surface area contributed by atoms with Gasteiger partial charge in [-0.1, -0.05) is 38.1 Å². The van der Waals surface area contributed by atoms with Gasteiger partial charge in [0, 0.05) is 12.6 Å². The molecule has 1 aliphatic carbocycles. The van der Waals surface area contributed by atoms with Crippen LogP contribution in [0.2, 0.25) is 0 Å². The van der Waals surface area contributed by atoms with E-state index >= 15 is 0 Å². The second-order valence-electron chi connectivity index (χ2n) is 7.43. The third-order valence-corrected chi connectivity index (χ3v) is 6.01. The third-order valence-electron chi connectivity index (χ3n) is 6.01. The van der Waals surface area contributed by atoms with Crippen molar-refractivity contribution >= 4 is 0 Å². The molecule has 1 fully saturated rings. The molecule has 2 aliphatic rings. The number of benzene rings is 1. The number of hydrogen-bond donors (Lipinski definition) is 1. The molecular formula is C19H30N2. The second kappa shape index (κ2) is 5.73. The molecule has 0 saturated carbocycles. The highest BCUT2D eigenvalue weighted by Gasteiger charge is 2.45. The summed E-state index contributed by atoms with van der Waals surface area (Å²) in [6, 6.07) is 9.67. The van der Waals surface area contributed by atoms with E-state index in [0.717, 1.165) is 12.5 Å². The average molecular weight is 286 g/mol. The van der Waals surface area contributed by atoms with Crippen LogP contribution in [0, 0.1) is 5.92 Å². The summed E-state index contributed by atoms with van der Waals surface area (Å²) in [7, 11) is 0. The van der Waals surface area contributed by atoms with Crippen molar-refractivity contribution < 1.29 is 0 Å². The van der Waals surface area contributed by atoms with Crippen LogP contribution in [0.15, 0.2) is 24.3 Å². The zero-order chi connectivity index (χ0) is 15.0. The van der Waals surface area contributed by atoms with Gasteiger partial charge in [0.05, 0.1) is 5.54 Å². The summed E-state index contributed by atoms with van der Waals surface area (Å²) in [5.74, 6) is 1.52. The van der Waals surface area contributed by atoms with E-state index in [1.165, 1.54) is 43.4 Å². The number of nitrogens with zero attached hydrogens (tertiary/aromatic N) is 1. The van der Waals surface area contributed by atoms with E-state index in [9.17, 15) is 0 Å². The van der Waals surface area contributed by atoms with Gasteiger partial charge in [-0.15, -0.1) is 0 Å². The normalized spacial score (nSPS) is 37.2. The maximum atomic E-state index is 6.38. The molecule has 0 aromatic heterocycles. The van der Waals surface area contributed by atoms with Crippen molar-refractivity contribution in [1.29, 1.82) is 0 Å². The van der Waals surface area contributed by atoms with E-state index < -0.39 is 0 Å². The molecule has 21 heavy (non-hydrogen) atoms. The molecule has 2 N–H and O–H groups in total. The van der Waals surface area contributed by atoms with Crippen molar-refractivity contribution in [2.75, 3.05) is 13.1 Å². The van der Waals surface area contributed by atoms with Crippen LogP contribution in [-0.2, 0) is 5.54 Å². The summed E-state index contributed by atoms with van der Waals surface area (Å²) in [5, 5.41) is 0. The molecular weight excluding hydrogens is 256 g/mol. The van der Waals surface area contributed by atoms with Crippen molar-refractivity contribution in [2.45, 2.75) is 64.0 Å². The first-order valence-corrected chi connectivity index (χ1v) is 8.64. The molecule has 2 heteroatoms. The minimum atomic E-state index is 0.0721. The Morgan fingerprint density at radius 3 is 2.67 bits per heavy atom. The number of hydrogen-bond acceptors (Lipinski definition) is 2. The average Bonchev–Trinajstić information content (AvgIpc) is 2.49. The van der Waals surface area contributed by atoms with Gasteiger partial charge in [0.1, 0.15) is 0 Å². The maximum Gasteiger partial charge on any atom is 0.0589 e. The predicted molar refractivity (Wildman–Crippen MR) is 89.4 cm³/mol. The molecule has 0 spiro atoms. The Bertz CT molecular complexity index is 498. The third kappa shape index (κ3) is 2.43. The number of likely N-dealkylation sites (tertiary alicyclic amines) is 1. The van der Waals surface area contributed by atoms with E-state index in [2.05, 4.69) is 49.9 Å². The quantitative estimate of drug-likeness (QED) is 0.894. The van der Waals surface area contributed by atoms with Gasteiger partial charge < -0.3 is 5.73 Å². The van der Waals surface area contributed by atoms with Gasteiger partial charge in [-0.2, -0.15) is 0 Å². The largest absolute Gasteiger partial charge is 0.328 e. The smallest absolute Gasteiger partial charge is 0.0589 e. The van der Waals surface area contributed by atoms with Crippen LogP contribution in [-0.4, -0.2) is 24.0 Å². The minimum Gasteiger partial charge on any atom is -0.328 e. The molecule has 1 aromatic carbocycles. The second-order valence-corrected chi connectivity index (χ2v) is 7.43. The molecule has 1 aliphatic heterocycles. The van der Waals surface area contributed by atoms with Crippen molar-refractivity contribution in [3.8, 4) is 0 Å². The predicted octanol–water partition coefficient (Wildman–Crippen LogP) is 3.86. The zero-order valence-electron chi connectivity index (χ0n) is 13.8. The van der Waals surface area contributed by atoms with E-state index in [0.29, 0.717) is 12.0 Å². The van der Waals surface area contributed by atoms with Crippen LogP contribution in [0.4, 0.5) is 0 Å². The summed E-state index contributed by atoms with van der Waals surface area (Å²) in [6.45, 7) is 9.09. The molecule has 0 amide bonds. The van der Waals surface area contributed by atoms with Crippen LogP contribution >= 0.6 is 0 Å². The number of piperidine rings is 1. The molecule has 1 heterocycles. The summed E-state index contributed by atoms with van der Waals surface area (Å²) in [5.41, 5.74) is 9.49. The van der Waals surface area contributed by atoms with Gasteiger partial charge in [-0.3, -0.25) is 4.90 Å². The van der Waals surface area contributed by atoms with Gasteiger partial charge >= 0.3 is 0 Å². The van der Waals surface area contributed by atoms with Crippen molar-refractivity contribution in [1.82, 2.24) is 4.90 Å². The van der Waals surface area contributed by atoms with Crippen molar-refractivity contribution in [3.05, 3.63) is 35.4 Å². The Morgan fingerprint density at radius 1 is 1.19 bits per heavy atom. The Hall–Kier alpha value is -0.860. The first-order chi connectivity index (χ1) is 10.1. The monoisotopic (exact) mass is 286 g/mol. The number of fused-ring (bicyclic) bond motifs is 1. The highest BCUT2D eigenvalue weighted by molar-refractivity contribution is 5.39. The molecule has 0 bridgehead atoms. The number of rotatable bonds is 2. The Labute approximate surface area is 129 Å². The molecule has 116 valence electrons. The van der Waals surface area contributed by atoms with Gasteiger partial charge in [-0.05, 0) is 62.1 Å². The van der Waals surface area contributed by atoms with Crippen LogP contribution in [0.25, 0.3) is 0 Å². The van der Waals surface area contributed by atoms with Gasteiger partial charge in [0.15, 0.2) is 0 Å². The van der Waals surface area contributed by atoms with Crippen LogP contribution in [0.1, 0.15) is 63.5 Å². The zero-order valence-corrected chi connectivity index (χ0v) is 13.8. The van der Waals surface area contributed by atoms with Crippen LogP contribution in [0.3, 0.4) is 0 Å². The molecule has 0 radical (unpaired) electrons. The SMILES string of the molecule is CC1CCN(C2(CN)CCC(C)c3ccccc32)C(C)C1. The molecule has 4 atom stereocenters. The summed E-state index contributed by atoms with van der Waals surface area (Å²) < 4.78 is 0. The first kappa shape index (κ1) is 15.1. The highest BCUT2D eigenvalue weighted by Crippen LogP contribution is 2.46. The summed E-state index contributed by atoms with van der Waals surface area (Å²) in [4.78, 5) is 2.73. The van der Waals surface area contributed by atoms with Gasteiger partial charge in [0.2, 0.25) is 0 Å². The molecule has 2 nitrogen and oxygen atoms in total. The van der Waals surface area contributed by atoms with Gasteiger partial charge in [0.25, 0.3) is 0 Å². The topological polar surface area (TPSA) is 29.3 Å².